The number of hydrogen-bond donors (Lipinski definition) is 0. The molecule has 0 N–H and O–H groups in total. The van der Waals surface area contributed by atoms with Crippen LogP contribution in [0.5, 0.6) is 0 Å². The predicted molar refractivity (Wildman–Crippen MR) is 93.1 cm³/mol. The normalized spacial score (nSPS) is 23.6. The molecule has 1 aliphatic heterocycles. The summed E-state index contributed by atoms with van der Waals surface area (Å²) in [5.74, 6) is 0.362. The average Bonchev–Trinajstić information content (AvgIpc) is 2.44. The Bertz CT molecular complexity index is 664. The van der Waals surface area contributed by atoms with Gasteiger partial charge in [-0.15, -0.1) is 0 Å². The Balaban J connectivity index is 2.11. The monoisotopic (exact) mass is 357 g/mol. The lowest BCUT2D eigenvalue weighted by Gasteiger charge is -2.36. The van der Waals surface area contributed by atoms with Crippen LogP contribution in [-0.4, -0.2) is 37.6 Å². The molecule has 1 fully saturated rings. The minimum atomic E-state index is -3.56. The summed E-state index contributed by atoms with van der Waals surface area (Å²) >= 11 is 5.90. The Morgan fingerprint density at radius 3 is 2.48 bits per heavy atom. The lowest BCUT2D eigenvalue weighted by Crippen LogP contribution is -2.48. The van der Waals surface area contributed by atoms with E-state index in [1.165, 1.54) is 6.92 Å². The fraction of sp³-hybridized carbons (Fsp3) is 0.588. The highest BCUT2D eigenvalue weighted by atomic mass is 35.5. The van der Waals surface area contributed by atoms with E-state index in [0.29, 0.717) is 35.5 Å². The molecule has 23 heavy (non-hydrogen) atoms. The number of hydrogen-bond acceptors (Lipinski definition) is 3. The van der Waals surface area contributed by atoms with Crippen LogP contribution in [0.1, 0.15) is 32.8 Å². The molecule has 1 amide bonds. The molecule has 1 saturated heterocycles. The predicted octanol–water partition coefficient (Wildman–Crippen LogP) is 3.15. The lowest BCUT2D eigenvalue weighted by atomic mass is 9.92. The first-order valence-electron chi connectivity index (χ1n) is 7.94. The lowest BCUT2D eigenvalue weighted by molar-refractivity contribution is -0.133. The Kier molecular flexibility index (Phi) is 5.74. The minimum Gasteiger partial charge on any atom is -0.341 e. The summed E-state index contributed by atoms with van der Waals surface area (Å²) in [6.45, 7) is 6.97. The fourth-order valence-electron chi connectivity index (χ4n) is 3.24. The maximum Gasteiger partial charge on any atom is 0.240 e. The van der Waals surface area contributed by atoms with Gasteiger partial charge in [0.1, 0.15) is 5.25 Å². The molecule has 128 valence electrons. The molecular weight excluding hydrogens is 334 g/mol. The van der Waals surface area contributed by atoms with Gasteiger partial charge in [-0.3, -0.25) is 4.79 Å². The minimum absolute atomic E-state index is 0.167. The van der Waals surface area contributed by atoms with Gasteiger partial charge in [0.2, 0.25) is 5.91 Å². The van der Waals surface area contributed by atoms with Gasteiger partial charge in [0, 0.05) is 18.1 Å². The fourth-order valence-corrected chi connectivity index (χ4v) is 4.80. The van der Waals surface area contributed by atoms with E-state index < -0.39 is 15.1 Å². The molecule has 0 aromatic heterocycles. The number of sulfone groups is 1. The Morgan fingerprint density at radius 2 is 1.91 bits per heavy atom. The van der Waals surface area contributed by atoms with Crippen molar-refractivity contribution < 1.29 is 13.2 Å². The maximum atomic E-state index is 12.6. The van der Waals surface area contributed by atoms with Crippen molar-refractivity contribution in [3.63, 3.8) is 0 Å². The van der Waals surface area contributed by atoms with Crippen molar-refractivity contribution >= 4 is 27.3 Å². The SMILES string of the molecule is C[C@@H]1C[C@H](C)CN(C(=O)[C@@H](C)S(=O)(=O)Cc2cccc(Cl)c2)C1. The molecule has 1 aromatic carbocycles. The van der Waals surface area contributed by atoms with Crippen LogP contribution in [0.15, 0.2) is 24.3 Å². The highest BCUT2D eigenvalue weighted by Crippen LogP contribution is 2.23. The van der Waals surface area contributed by atoms with E-state index in [-0.39, 0.29) is 11.7 Å². The number of rotatable bonds is 4. The van der Waals surface area contributed by atoms with Crippen LogP contribution < -0.4 is 0 Å². The molecule has 0 bridgehead atoms. The molecule has 6 heteroatoms. The second kappa shape index (κ2) is 7.22. The Morgan fingerprint density at radius 1 is 1.30 bits per heavy atom. The van der Waals surface area contributed by atoms with Crippen LogP contribution in [0.4, 0.5) is 0 Å². The topological polar surface area (TPSA) is 54.5 Å². The number of benzene rings is 1. The zero-order valence-corrected chi connectivity index (χ0v) is 15.4. The highest BCUT2D eigenvalue weighted by Gasteiger charge is 2.34. The van der Waals surface area contributed by atoms with Crippen molar-refractivity contribution in [2.24, 2.45) is 11.8 Å². The summed E-state index contributed by atoms with van der Waals surface area (Å²) in [4.78, 5) is 14.3. The molecule has 4 nitrogen and oxygen atoms in total. The van der Waals surface area contributed by atoms with Crippen molar-refractivity contribution in [1.29, 1.82) is 0 Å². The number of carbonyl (C=O) groups excluding carboxylic acids is 1. The van der Waals surface area contributed by atoms with Gasteiger partial charge in [0.15, 0.2) is 9.84 Å². The van der Waals surface area contributed by atoms with Gasteiger partial charge in [-0.2, -0.15) is 0 Å². The first kappa shape index (κ1) is 18.3. The second-order valence-corrected chi connectivity index (χ2v) is 9.53. The summed E-state index contributed by atoms with van der Waals surface area (Å²) in [6, 6.07) is 6.75. The number of nitrogens with zero attached hydrogens (tertiary/aromatic N) is 1. The molecule has 0 radical (unpaired) electrons. The van der Waals surface area contributed by atoms with Gasteiger partial charge < -0.3 is 4.90 Å². The van der Waals surface area contributed by atoms with Crippen molar-refractivity contribution in [3.05, 3.63) is 34.9 Å². The molecule has 0 spiro atoms. The molecule has 1 aromatic rings. The number of halogens is 1. The number of amides is 1. The van der Waals surface area contributed by atoms with Crippen molar-refractivity contribution in [2.45, 2.75) is 38.2 Å². The molecule has 1 heterocycles. The van der Waals surface area contributed by atoms with Crippen LogP contribution >= 0.6 is 11.6 Å². The van der Waals surface area contributed by atoms with Crippen LogP contribution in [0.2, 0.25) is 5.02 Å². The molecule has 2 rings (SSSR count). The van der Waals surface area contributed by atoms with Gasteiger partial charge in [0.05, 0.1) is 5.75 Å². The van der Waals surface area contributed by atoms with E-state index in [2.05, 4.69) is 13.8 Å². The summed E-state index contributed by atoms with van der Waals surface area (Å²) in [6.07, 6.45) is 1.08. The van der Waals surface area contributed by atoms with E-state index in [1.54, 1.807) is 29.2 Å². The van der Waals surface area contributed by atoms with Gasteiger partial charge in [0.25, 0.3) is 0 Å². The highest BCUT2D eigenvalue weighted by molar-refractivity contribution is 7.92. The van der Waals surface area contributed by atoms with Gasteiger partial charge in [-0.05, 0) is 42.9 Å². The largest absolute Gasteiger partial charge is 0.341 e. The van der Waals surface area contributed by atoms with Gasteiger partial charge in [-0.25, -0.2) is 8.42 Å². The first-order valence-corrected chi connectivity index (χ1v) is 10.0. The van der Waals surface area contributed by atoms with E-state index in [9.17, 15) is 13.2 Å². The third-order valence-electron chi connectivity index (χ3n) is 4.32. The number of likely N-dealkylation sites (tertiary alicyclic amines) is 1. The summed E-state index contributed by atoms with van der Waals surface area (Å²) in [7, 11) is -3.56. The smallest absolute Gasteiger partial charge is 0.240 e. The molecule has 0 saturated carbocycles. The maximum absolute atomic E-state index is 12.6. The van der Waals surface area contributed by atoms with Gasteiger partial charge >= 0.3 is 0 Å². The van der Waals surface area contributed by atoms with Crippen molar-refractivity contribution in [1.82, 2.24) is 4.90 Å². The van der Waals surface area contributed by atoms with Crippen LogP contribution in [-0.2, 0) is 20.4 Å². The van der Waals surface area contributed by atoms with E-state index >= 15 is 0 Å². The third kappa shape index (κ3) is 4.70. The third-order valence-corrected chi connectivity index (χ3v) is 6.57. The number of carbonyl (C=O) groups is 1. The zero-order valence-electron chi connectivity index (χ0n) is 13.8. The summed E-state index contributed by atoms with van der Waals surface area (Å²) < 4.78 is 25.1. The summed E-state index contributed by atoms with van der Waals surface area (Å²) in [5.41, 5.74) is 0.609. The van der Waals surface area contributed by atoms with Crippen molar-refractivity contribution in [3.8, 4) is 0 Å². The van der Waals surface area contributed by atoms with Crippen molar-refractivity contribution in [2.75, 3.05) is 13.1 Å². The van der Waals surface area contributed by atoms with Gasteiger partial charge in [-0.1, -0.05) is 37.6 Å². The summed E-state index contributed by atoms with van der Waals surface area (Å²) in [5, 5.41) is -0.533. The Hall–Kier alpha value is -1.07. The van der Waals surface area contributed by atoms with Crippen LogP contribution in [0.25, 0.3) is 0 Å². The van der Waals surface area contributed by atoms with E-state index in [1.807, 2.05) is 0 Å². The zero-order chi connectivity index (χ0) is 17.2. The van der Waals surface area contributed by atoms with Crippen LogP contribution in [0.3, 0.4) is 0 Å². The quantitative estimate of drug-likeness (QED) is 0.831. The standard InChI is InChI=1S/C17H24ClNO3S/c1-12-7-13(2)10-19(9-12)17(20)14(3)23(21,22)11-15-5-4-6-16(18)8-15/h4-6,8,12-14H,7,9-11H2,1-3H3/t12-,13+,14-/m1/s1. The van der Waals surface area contributed by atoms with E-state index in [4.69, 9.17) is 11.6 Å². The molecular formula is C17H24ClNO3S. The average molecular weight is 358 g/mol. The van der Waals surface area contributed by atoms with E-state index in [0.717, 1.165) is 6.42 Å². The molecule has 1 aliphatic rings. The molecule has 0 unspecified atom stereocenters. The first-order chi connectivity index (χ1) is 10.7. The number of piperidine rings is 1. The second-order valence-electron chi connectivity index (χ2n) is 6.77. The molecule has 0 aliphatic carbocycles. The molecule has 3 atom stereocenters. The van der Waals surface area contributed by atoms with Crippen LogP contribution in [0, 0.1) is 11.8 Å². The Labute approximate surface area is 143 Å².